The average molecular weight is 445 g/mol. The van der Waals surface area contributed by atoms with E-state index >= 15 is 0 Å². The topological polar surface area (TPSA) is 109 Å². The first-order valence-corrected chi connectivity index (χ1v) is 11.4. The molecule has 2 aromatic heterocycles. The van der Waals surface area contributed by atoms with E-state index < -0.39 is 10.0 Å². The molecule has 0 aliphatic heterocycles. The number of Topliss-reactive ketones (excluding diaryl/α,β-unsaturated/α-hetero) is 1. The number of anilines is 2. The summed E-state index contributed by atoms with van der Waals surface area (Å²) in [6.45, 7) is 1.39. The number of benzene rings is 1. The molecule has 8 nitrogen and oxygen atoms in total. The fraction of sp³-hybridized carbons (Fsp3) is 0.200. The van der Waals surface area contributed by atoms with Crippen molar-refractivity contribution in [3.63, 3.8) is 0 Å². The summed E-state index contributed by atoms with van der Waals surface area (Å²) in [6.07, 6.45) is 1.29. The van der Waals surface area contributed by atoms with E-state index in [1.165, 1.54) is 31.3 Å². The zero-order chi connectivity index (χ0) is 21.9. The molecule has 1 N–H and O–H groups in total. The van der Waals surface area contributed by atoms with Crippen LogP contribution in [0.4, 0.5) is 11.6 Å². The average Bonchev–Trinajstić information content (AvgIpc) is 2.71. The first-order valence-electron chi connectivity index (χ1n) is 8.89. The van der Waals surface area contributed by atoms with E-state index in [2.05, 4.69) is 14.7 Å². The number of pyridine rings is 2. The maximum atomic E-state index is 12.7. The fourth-order valence-corrected chi connectivity index (χ4v) is 4.12. The summed E-state index contributed by atoms with van der Waals surface area (Å²) in [7, 11) is -0.110. The van der Waals surface area contributed by atoms with Gasteiger partial charge in [-0.3, -0.25) is 14.3 Å². The first-order chi connectivity index (χ1) is 14.2. The molecule has 0 amide bonds. The molecule has 2 heterocycles. The summed E-state index contributed by atoms with van der Waals surface area (Å²) in [5.74, 6) is 0.628. The van der Waals surface area contributed by atoms with Crippen LogP contribution in [0.3, 0.4) is 0 Å². The number of aromatic nitrogens is 2. The molecule has 30 heavy (non-hydrogen) atoms. The number of carbonyl (C=O) groups excluding carboxylic acids is 2. The number of sulfonamides is 1. The van der Waals surface area contributed by atoms with E-state index in [-0.39, 0.29) is 27.4 Å². The predicted octanol–water partition coefficient (Wildman–Crippen LogP) is 2.96. The van der Waals surface area contributed by atoms with Gasteiger partial charge in [0.25, 0.3) is 10.0 Å². The summed E-state index contributed by atoms with van der Waals surface area (Å²) < 4.78 is 27.9. The van der Waals surface area contributed by atoms with Crippen LogP contribution in [0.2, 0.25) is 0 Å². The van der Waals surface area contributed by atoms with Crippen molar-refractivity contribution in [2.75, 3.05) is 29.5 Å². The lowest BCUT2D eigenvalue weighted by Gasteiger charge is -2.12. The summed E-state index contributed by atoms with van der Waals surface area (Å²) in [4.78, 5) is 33.4. The smallest absolute Gasteiger partial charge is 0.263 e. The van der Waals surface area contributed by atoms with Crippen molar-refractivity contribution in [3.8, 4) is 0 Å². The van der Waals surface area contributed by atoms with Crippen LogP contribution in [0.15, 0.2) is 53.6 Å². The lowest BCUT2D eigenvalue weighted by atomic mass is 10.2. The monoisotopic (exact) mass is 444 g/mol. The molecule has 3 aromatic rings. The van der Waals surface area contributed by atoms with Gasteiger partial charge in [0.15, 0.2) is 10.9 Å². The lowest BCUT2D eigenvalue weighted by Crippen LogP contribution is -2.14. The Kier molecular flexibility index (Phi) is 6.37. The van der Waals surface area contributed by atoms with Crippen LogP contribution in [0.5, 0.6) is 0 Å². The van der Waals surface area contributed by atoms with Gasteiger partial charge in [0.1, 0.15) is 11.6 Å². The van der Waals surface area contributed by atoms with E-state index in [1.807, 2.05) is 31.1 Å². The highest BCUT2D eigenvalue weighted by molar-refractivity contribution is 8.14. The van der Waals surface area contributed by atoms with Crippen molar-refractivity contribution in [3.05, 3.63) is 54.2 Å². The summed E-state index contributed by atoms with van der Waals surface area (Å²) in [5, 5.41) is 0.546. The number of hydrogen-bond acceptors (Lipinski definition) is 8. The predicted molar refractivity (Wildman–Crippen MR) is 119 cm³/mol. The van der Waals surface area contributed by atoms with E-state index in [1.54, 1.807) is 12.1 Å². The van der Waals surface area contributed by atoms with Crippen molar-refractivity contribution < 1.29 is 18.0 Å². The standard InChI is InChI=1S/C20H20N4O4S2/c1-13(25)29-12-18(26)15-4-8-19(21-11-15)23-30(27,28)16-6-7-17-14(10-16)5-9-20(22-17)24(2)3/h4-11H,12H2,1-3H3,(H,21,23). The SMILES string of the molecule is CC(=O)SCC(=O)c1ccc(NS(=O)(=O)c2ccc3nc(N(C)C)ccc3c2)nc1. The maximum Gasteiger partial charge on any atom is 0.263 e. The molecule has 156 valence electrons. The minimum atomic E-state index is -3.87. The van der Waals surface area contributed by atoms with Gasteiger partial charge < -0.3 is 4.90 Å². The van der Waals surface area contributed by atoms with Gasteiger partial charge >= 0.3 is 0 Å². The zero-order valence-electron chi connectivity index (χ0n) is 16.6. The maximum absolute atomic E-state index is 12.7. The molecular weight excluding hydrogens is 424 g/mol. The van der Waals surface area contributed by atoms with Crippen LogP contribution < -0.4 is 9.62 Å². The normalized spacial score (nSPS) is 11.3. The molecule has 0 saturated carbocycles. The van der Waals surface area contributed by atoms with Crippen molar-refractivity contribution >= 4 is 55.2 Å². The van der Waals surface area contributed by atoms with Crippen LogP contribution in [0.1, 0.15) is 17.3 Å². The Balaban J connectivity index is 1.78. The van der Waals surface area contributed by atoms with Crippen LogP contribution in [-0.2, 0) is 14.8 Å². The minimum Gasteiger partial charge on any atom is -0.363 e. The number of thioether (sulfide) groups is 1. The third kappa shape index (κ3) is 5.14. The Morgan fingerprint density at radius 3 is 2.50 bits per heavy atom. The van der Waals surface area contributed by atoms with Crippen molar-refractivity contribution in [1.82, 2.24) is 9.97 Å². The number of rotatable bonds is 7. The zero-order valence-corrected chi connectivity index (χ0v) is 18.3. The quantitative estimate of drug-likeness (QED) is 0.554. The molecule has 0 radical (unpaired) electrons. The van der Waals surface area contributed by atoms with Gasteiger partial charge in [-0.2, -0.15) is 0 Å². The molecule has 10 heteroatoms. The fourth-order valence-electron chi connectivity index (χ4n) is 2.58. The Labute approximate surface area is 178 Å². The molecule has 0 aliphatic carbocycles. The van der Waals surface area contributed by atoms with Gasteiger partial charge in [0.05, 0.1) is 16.2 Å². The molecule has 0 unspecified atom stereocenters. The molecule has 1 aromatic carbocycles. The lowest BCUT2D eigenvalue weighted by molar-refractivity contribution is -0.109. The number of nitrogens with one attached hydrogen (secondary N) is 1. The van der Waals surface area contributed by atoms with E-state index in [0.29, 0.717) is 16.5 Å². The summed E-state index contributed by atoms with van der Waals surface area (Å²) in [5.41, 5.74) is 0.991. The number of fused-ring (bicyclic) bond motifs is 1. The van der Waals surface area contributed by atoms with Gasteiger partial charge in [-0.25, -0.2) is 18.4 Å². The molecule has 0 atom stereocenters. The Morgan fingerprint density at radius 2 is 1.87 bits per heavy atom. The second kappa shape index (κ2) is 8.80. The molecular formula is C20H20N4O4S2. The van der Waals surface area contributed by atoms with Crippen LogP contribution in [-0.4, -0.2) is 49.1 Å². The van der Waals surface area contributed by atoms with Gasteiger partial charge in [-0.15, -0.1) is 0 Å². The van der Waals surface area contributed by atoms with Crippen molar-refractivity contribution in [2.45, 2.75) is 11.8 Å². The van der Waals surface area contributed by atoms with Gasteiger partial charge in [0.2, 0.25) is 0 Å². The number of ketones is 1. The second-order valence-electron chi connectivity index (χ2n) is 6.66. The molecule has 3 rings (SSSR count). The first kappa shape index (κ1) is 21.7. The van der Waals surface area contributed by atoms with Crippen molar-refractivity contribution in [1.29, 1.82) is 0 Å². The number of carbonyl (C=O) groups is 2. The highest BCUT2D eigenvalue weighted by Crippen LogP contribution is 2.22. The van der Waals surface area contributed by atoms with E-state index in [4.69, 9.17) is 0 Å². The number of nitrogens with zero attached hydrogens (tertiary/aromatic N) is 3. The van der Waals surface area contributed by atoms with Crippen molar-refractivity contribution in [2.24, 2.45) is 0 Å². The molecule has 0 fully saturated rings. The highest BCUT2D eigenvalue weighted by atomic mass is 32.2. The third-order valence-electron chi connectivity index (χ3n) is 4.15. The minimum absolute atomic E-state index is 0.0166. The van der Waals surface area contributed by atoms with E-state index in [0.717, 1.165) is 17.6 Å². The van der Waals surface area contributed by atoms with Crippen LogP contribution in [0.25, 0.3) is 10.9 Å². The van der Waals surface area contributed by atoms with Crippen LogP contribution >= 0.6 is 11.8 Å². The molecule has 0 bridgehead atoms. The second-order valence-corrected chi connectivity index (χ2v) is 9.49. The Morgan fingerprint density at radius 1 is 1.10 bits per heavy atom. The Hall–Kier alpha value is -2.98. The van der Waals surface area contributed by atoms with E-state index in [9.17, 15) is 18.0 Å². The van der Waals surface area contributed by atoms with Gasteiger partial charge in [-0.05, 0) is 42.5 Å². The van der Waals surface area contributed by atoms with Gasteiger partial charge in [0, 0.05) is 38.2 Å². The Bertz CT molecular complexity index is 1210. The van der Waals surface area contributed by atoms with Gasteiger partial charge in [-0.1, -0.05) is 11.8 Å². The molecule has 0 saturated heterocycles. The summed E-state index contributed by atoms with van der Waals surface area (Å²) >= 11 is 0.913. The largest absolute Gasteiger partial charge is 0.363 e. The molecule has 0 aliphatic rings. The third-order valence-corrected chi connectivity index (χ3v) is 6.31. The summed E-state index contributed by atoms with van der Waals surface area (Å²) in [6, 6.07) is 11.2. The number of hydrogen-bond donors (Lipinski definition) is 1. The van der Waals surface area contributed by atoms with Crippen LogP contribution in [0, 0.1) is 0 Å². The molecule has 0 spiro atoms. The highest BCUT2D eigenvalue weighted by Gasteiger charge is 2.16.